The van der Waals surface area contributed by atoms with Crippen molar-refractivity contribution in [3.05, 3.63) is 151 Å². The predicted molar refractivity (Wildman–Crippen MR) is 196 cm³/mol. The van der Waals surface area contributed by atoms with Gasteiger partial charge in [-0.3, -0.25) is 9.97 Å². The predicted octanol–water partition coefficient (Wildman–Crippen LogP) is 10.4. The van der Waals surface area contributed by atoms with Crippen LogP contribution in [0, 0.1) is 0 Å². The number of fused-ring (bicyclic) bond motifs is 3. The Hall–Kier alpha value is -6.07. The normalized spacial score (nSPS) is 11.3. The molecular weight excluding hydrogens is 587 g/mol. The van der Waals surface area contributed by atoms with Crippen molar-refractivity contribution in [2.45, 2.75) is 26.7 Å². The van der Waals surface area contributed by atoms with Crippen molar-refractivity contribution in [2.75, 3.05) is 0 Å². The van der Waals surface area contributed by atoms with Crippen molar-refractivity contribution in [2.24, 2.45) is 0 Å². The fraction of sp³-hybridized carbons (Fsp3) is 0.0930. The SMILES string of the molecule is CCc1cc(CC)c2ccc3ccc(-c4cccc(-c5cccc(-c6nc(-c7ccccc7)cc(-c7cccnc7)n6)c5)c4)nc3c2n1. The third-order valence-electron chi connectivity index (χ3n) is 8.89. The standard InChI is InChI=1S/C43H33N5/c1-3-28-25-36(4-2)45-42-37(28)20-18-30-19-21-38(46-41(30)42)33-15-8-13-31(23-33)32-14-9-16-34(24-32)43-47-39(29-11-6-5-7-12-29)26-40(48-43)35-17-10-22-44-27-35/h5-27H,3-4H2,1-2H3. The molecule has 8 aromatic rings. The molecule has 4 aromatic carbocycles. The minimum Gasteiger partial charge on any atom is -0.264 e. The Balaban J connectivity index is 1.20. The monoisotopic (exact) mass is 619 g/mol. The van der Waals surface area contributed by atoms with Crippen LogP contribution in [-0.4, -0.2) is 24.9 Å². The van der Waals surface area contributed by atoms with Crippen molar-refractivity contribution in [3.63, 3.8) is 0 Å². The van der Waals surface area contributed by atoms with Crippen LogP contribution >= 0.6 is 0 Å². The highest BCUT2D eigenvalue weighted by Gasteiger charge is 2.14. The summed E-state index contributed by atoms with van der Waals surface area (Å²) in [7, 11) is 0. The van der Waals surface area contributed by atoms with Crippen LogP contribution in [0.2, 0.25) is 0 Å². The Morgan fingerprint density at radius 1 is 0.458 bits per heavy atom. The smallest absolute Gasteiger partial charge is 0.160 e. The second-order valence-corrected chi connectivity index (χ2v) is 11.9. The molecule has 0 saturated heterocycles. The van der Waals surface area contributed by atoms with E-state index in [1.807, 2.05) is 42.6 Å². The lowest BCUT2D eigenvalue weighted by Crippen LogP contribution is -1.96. The maximum absolute atomic E-state index is 5.21. The van der Waals surface area contributed by atoms with Crippen LogP contribution in [-0.2, 0) is 12.8 Å². The first-order valence-electron chi connectivity index (χ1n) is 16.5. The van der Waals surface area contributed by atoms with E-state index in [2.05, 4.69) is 110 Å². The molecule has 0 spiro atoms. The van der Waals surface area contributed by atoms with E-state index in [1.54, 1.807) is 6.20 Å². The lowest BCUT2D eigenvalue weighted by atomic mass is 9.98. The second kappa shape index (κ2) is 12.6. The third-order valence-corrected chi connectivity index (χ3v) is 8.89. The van der Waals surface area contributed by atoms with Crippen LogP contribution < -0.4 is 0 Å². The van der Waals surface area contributed by atoms with E-state index in [0.717, 1.165) is 85.4 Å². The van der Waals surface area contributed by atoms with Gasteiger partial charge in [0, 0.05) is 51.1 Å². The van der Waals surface area contributed by atoms with Crippen molar-refractivity contribution >= 4 is 21.8 Å². The number of hydrogen-bond donors (Lipinski definition) is 0. The summed E-state index contributed by atoms with van der Waals surface area (Å²) in [6.07, 6.45) is 5.48. The summed E-state index contributed by atoms with van der Waals surface area (Å²) < 4.78 is 0. The Kier molecular flexibility index (Phi) is 7.71. The summed E-state index contributed by atoms with van der Waals surface area (Å²) in [5.41, 5.74) is 13.2. The fourth-order valence-electron chi connectivity index (χ4n) is 6.33. The number of benzene rings is 4. The van der Waals surface area contributed by atoms with E-state index in [4.69, 9.17) is 19.9 Å². The summed E-state index contributed by atoms with van der Waals surface area (Å²) >= 11 is 0. The number of aromatic nitrogens is 5. The van der Waals surface area contributed by atoms with E-state index >= 15 is 0 Å². The molecule has 0 aliphatic rings. The molecule has 0 atom stereocenters. The van der Waals surface area contributed by atoms with Gasteiger partial charge in [-0.15, -0.1) is 0 Å². The summed E-state index contributed by atoms with van der Waals surface area (Å²) in [6.45, 7) is 4.36. The van der Waals surface area contributed by atoms with Gasteiger partial charge in [0.1, 0.15) is 0 Å². The summed E-state index contributed by atoms with van der Waals surface area (Å²) in [5.74, 6) is 0.668. The number of pyridine rings is 3. The molecular formula is C43H33N5. The Bertz CT molecular complexity index is 2360. The van der Waals surface area contributed by atoms with Crippen LogP contribution in [0.15, 0.2) is 140 Å². The molecule has 0 bridgehead atoms. The highest BCUT2D eigenvalue weighted by Crippen LogP contribution is 2.33. The van der Waals surface area contributed by atoms with Gasteiger partial charge in [0.05, 0.1) is 28.1 Å². The molecule has 0 radical (unpaired) electrons. The molecule has 48 heavy (non-hydrogen) atoms. The minimum absolute atomic E-state index is 0.668. The zero-order valence-corrected chi connectivity index (χ0v) is 26.9. The summed E-state index contributed by atoms with van der Waals surface area (Å²) in [5, 5.41) is 2.28. The Morgan fingerprint density at radius 2 is 1.15 bits per heavy atom. The van der Waals surface area contributed by atoms with Gasteiger partial charge in [-0.25, -0.2) is 15.0 Å². The fourth-order valence-corrected chi connectivity index (χ4v) is 6.33. The molecule has 8 rings (SSSR count). The van der Waals surface area contributed by atoms with Crippen LogP contribution in [0.3, 0.4) is 0 Å². The highest BCUT2D eigenvalue weighted by molar-refractivity contribution is 6.04. The quantitative estimate of drug-likeness (QED) is 0.166. The van der Waals surface area contributed by atoms with Crippen LogP contribution in [0.4, 0.5) is 0 Å². The lowest BCUT2D eigenvalue weighted by Gasteiger charge is -2.12. The lowest BCUT2D eigenvalue weighted by molar-refractivity contribution is 1.03. The number of aryl methyl sites for hydroxylation is 2. The maximum Gasteiger partial charge on any atom is 0.160 e. The molecule has 0 aliphatic heterocycles. The average molecular weight is 620 g/mol. The molecule has 0 amide bonds. The maximum atomic E-state index is 5.21. The molecule has 5 heteroatoms. The molecule has 0 unspecified atom stereocenters. The molecule has 4 aromatic heterocycles. The topological polar surface area (TPSA) is 64.5 Å². The Morgan fingerprint density at radius 3 is 1.90 bits per heavy atom. The zero-order chi connectivity index (χ0) is 32.5. The molecule has 0 aliphatic carbocycles. The second-order valence-electron chi connectivity index (χ2n) is 11.9. The number of hydrogen-bond acceptors (Lipinski definition) is 5. The van der Waals surface area contributed by atoms with E-state index < -0.39 is 0 Å². The van der Waals surface area contributed by atoms with Gasteiger partial charge >= 0.3 is 0 Å². The molecule has 4 heterocycles. The van der Waals surface area contributed by atoms with Crippen molar-refractivity contribution in [3.8, 4) is 56.3 Å². The van der Waals surface area contributed by atoms with Gasteiger partial charge in [-0.1, -0.05) is 98.8 Å². The van der Waals surface area contributed by atoms with Crippen LogP contribution in [0.5, 0.6) is 0 Å². The van der Waals surface area contributed by atoms with E-state index in [1.165, 1.54) is 10.9 Å². The van der Waals surface area contributed by atoms with Crippen LogP contribution in [0.25, 0.3) is 78.1 Å². The van der Waals surface area contributed by atoms with Crippen molar-refractivity contribution < 1.29 is 0 Å². The first-order chi connectivity index (χ1) is 23.7. The van der Waals surface area contributed by atoms with E-state index in [9.17, 15) is 0 Å². The average Bonchev–Trinajstić information content (AvgIpc) is 3.17. The summed E-state index contributed by atoms with van der Waals surface area (Å²) in [4.78, 5) is 24.6. The number of nitrogens with zero attached hydrogens (tertiary/aromatic N) is 5. The first kappa shape index (κ1) is 29.3. The first-order valence-corrected chi connectivity index (χ1v) is 16.5. The molecule has 5 nitrogen and oxygen atoms in total. The molecule has 230 valence electrons. The molecule has 0 fully saturated rings. The van der Waals surface area contributed by atoms with Crippen LogP contribution in [0.1, 0.15) is 25.1 Å². The van der Waals surface area contributed by atoms with Gasteiger partial charge < -0.3 is 0 Å². The van der Waals surface area contributed by atoms with Gasteiger partial charge in [0.2, 0.25) is 0 Å². The third kappa shape index (κ3) is 5.60. The zero-order valence-electron chi connectivity index (χ0n) is 26.9. The largest absolute Gasteiger partial charge is 0.264 e. The van der Waals surface area contributed by atoms with Crippen molar-refractivity contribution in [1.29, 1.82) is 0 Å². The highest BCUT2D eigenvalue weighted by atomic mass is 14.9. The van der Waals surface area contributed by atoms with Crippen molar-refractivity contribution in [1.82, 2.24) is 24.9 Å². The summed E-state index contributed by atoms with van der Waals surface area (Å²) in [6, 6.07) is 44.1. The Labute approximate surface area is 280 Å². The molecule has 0 saturated carbocycles. The number of rotatable bonds is 7. The van der Waals surface area contributed by atoms with E-state index in [0.29, 0.717) is 5.82 Å². The molecule has 0 N–H and O–H groups in total. The van der Waals surface area contributed by atoms with Gasteiger partial charge in [-0.05, 0) is 72.0 Å². The van der Waals surface area contributed by atoms with Gasteiger partial charge in [0.15, 0.2) is 5.82 Å². The van der Waals surface area contributed by atoms with E-state index in [-0.39, 0.29) is 0 Å². The minimum atomic E-state index is 0.668. The van der Waals surface area contributed by atoms with Gasteiger partial charge in [-0.2, -0.15) is 0 Å². The van der Waals surface area contributed by atoms with Gasteiger partial charge in [0.25, 0.3) is 0 Å².